The molecule has 0 atom stereocenters. The van der Waals surface area contributed by atoms with Crippen LogP contribution in [0.2, 0.25) is 0 Å². The van der Waals surface area contributed by atoms with E-state index in [-0.39, 0.29) is 5.91 Å². The summed E-state index contributed by atoms with van der Waals surface area (Å²) in [6.45, 7) is 5.47. The van der Waals surface area contributed by atoms with Crippen molar-refractivity contribution in [1.29, 1.82) is 0 Å². The molecule has 2 aromatic rings. The van der Waals surface area contributed by atoms with E-state index in [1.807, 2.05) is 55.1 Å². The smallest absolute Gasteiger partial charge is 0.253 e. The van der Waals surface area contributed by atoms with Gasteiger partial charge < -0.3 is 9.64 Å². The normalized spacial score (nSPS) is 13.7. The molecule has 0 radical (unpaired) electrons. The highest BCUT2D eigenvalue weighted by Crippen LogP contribution is 2.30. The van der Waals surface area contributed by atoms with Gasteiger partial charge in [0, 0.05) is 18.7 Å². The zero-order chi connectivity index (χ0) is 16.2. The van der Waals surface area contributed by atoms with Crippen LogP contribution in [0.4, 0.5) is 0 Å². The molecule has 3 nitrogen and oxygen atoms in total. The second kappa shape index (κ2) is 6.86. The third-order valence-electron chi connectivity index (χ3n) is 4.18. The van der Waals surface area contributed by atoms with Gasteiger partial charge in [0.05, 0.1) is 6.10 Å². The van der Waals surface area contributed by atoms with Crippen LogP contribution in [0, 0.1) is 0 Å². The molecule has 120 valence electrons. The first-order chi connectivity index (χ1) is 11.2. The predicted octanol–water partition coefficient (Wildman–Crippen LogP) is 4.38. The van der Waals surface area contributed by atoms with E-state index in [0.29, 0.717) is 6.10 Å². The van der Waals surface area contributed by atoms with Gasteiger partial charge in [-0.2, -0.15) is 0 Å². The summed E-state index contributed by atoms with van der Waals surface area (Å²) < 4.78 is 5.85. The zero-order valence-electron chi connectivity index (χ0n) is 13.8. The molecule has 3 heteroatoms. The molecule has 0 spiro atoms. The van der Waals surface area contributed by atoms with Gasteiger partial charge in [-0.05, 0) is 62.1 Å². The van der Waals surface area contributed by atoms with Crippen LogP contribution in [0.25, 0.3) is 11.1 Å². The standard InChI is InChI=1S/C20H23NO2/c1-3-21(4-2)20(22)16-10-8-15(9-11-16)17-6-5-7-19(14-17)23-18-12-13-18/h5-11,14,18H,3-4,12-13H2,1-2H3. The van der Waals surface area contributed by atoms with Crippen molar-refractivity contribution >= 4 is 5.91 Å². The summed E-state index contributed by atoms with van der Waals surface area (Å²) in [5.41, 5.74) is 2.95. The minimum Gasteiger partial charge on any atom is -0.490 e. The average molecular weight is 309 g/mol. The molecule has 1 amide bonds. The summed E-state index contributed by atoms with van der Waals surface area (Å²) in [5, 5.41) is 0. The van der Waals surface area contributed by atoms with Crippen molar-refractivity contribution in [1.82, 2.24) is 4.90 Å². The number of carbonyl (C=O) groups excluding carboxylic acids is 1. The van der Waals surface area contributed by atoms with E-state index in [9.17, 15) is 4.79 Å². The molecule has 0 unspecified atom stereocenters. The maximum absolute atomic E-state index is 12.3. The van der Waals surface area contributed by atoms with E-state index in [1.165, 1.54) is 0 Å². The number of rotatable bonds is 6. The largest absolute Gasteiger partial charge is 0.490 e. The lowest BCUT2D eigenvalue weighted by Gasteiger charge is -2.18. The minimum atomic E-state index is 0.0902. The summed E-state index contributed by atoms with van der Waals surface area (Å²) >= 11 is 0. The third-order valence-corrected chi connectivity index (χ3v) is 4.18. The maximum atomic E-state index is 12.3. The van der Waals surface area contributed by atoms with Crippen LogP contribution in [0.15, 0.2) is 48.5 Å². The fourth-order valence-electron chi connectivity index (χ4n) is 2.63. The second-order valence-electron chi connectivity index (χ2n) is 5.90. The summed E-state index contributed by atoms with van der Waals surface area (Å²) in [6, 6.07) is 16.0. The van der Waals surface area contributed by atoms with E-state index in [1.54, 1.807) is 0 Å². The highest BCUT2D eigenvalue weighted by atomic mass is 16.5. The Kier molecular flexibility index (Phi) is 4.65. The number of carbonyl (C=O) groups is 1. The van der Waals surface area contributed by atoms with Crippen LogP contribution in [-0.4, -0.2) is 30.0 Å². The lowest BCUT2D eigenvalue weighted by atomic mass is 10.0. The molecule has 23 heavy (non-hydrogen) atoms. The van der Waals surface area contributed by atoms with Crippen molar-refractivity contribution in [2.45, 2.75) is 32.8 Å². The predicted molar refractivity (Wildman–Crippen MR) is 92.8 cm³/mol. The van der Waals surface area contributed by atoms with Crippen LogP contribution in [0.1, 0.15) is 37.0 Å². The molecule has 0 heterocycles. The molecule has 1 aliphatic carbocycles. The van der Waals surface area contributed by atoms with Gasteiger partial charge in [-0.15, -0.1) is 0 Å². The minimum absolute atomic E-state index is 0.0902. The molecule has 1 fully saturated rings. The van der Waals surface area contributed by atoms with E-state index in [0.717, 1.165) is 48.4 Å². The van der Waals surface area contributed by atoms with E-state index in [2.05, 4.69) is 12.1 Å². The number of amides is 1. The Balaban J connectivity index is 1.77. The SMILES string of the molecule is CCN(CC)C(=O)c1ccc(-c2cccc(OC3CC3)c2)cc1. The van der Waals surface area contributed by atoms with Gasteiger partial charge in [0.25, 0.3) is 5.91 Å². The fourth-order valence-corrected chi connectivity index (χ4v) is 2.63. The summed E-state index contributed by atoms with van der Waals surface area (Å²) in [7, 11) is 0. The van der Waals surface area contributed by atoms with Gasteiger partial charge in [-0.3, -0.25) is 4.79 Å². The lowest BCUT2D eigenvalue weighted by molar-refractivity contribution is 0.0773. The van der Waals surface area contributed by atoms with Gasteiger partial charge >= 0.3 is 0 Å². The van der Waals surface area contributed by atoms with Crippen molar-refractivity contribution in [3.63, 3.8) is 0 Å². The Hall–Kier alpha value is -2.29. The Morgan fingerprint density at radius 1 is 1.04 bits per heavy atom. The molecular formula is C20H23NO2. The van der Waals surface area contributed by atoms with Gasteiger partial charge in [0.1, 0.15) is 5.75 Å². The highest BCUT2D eigenvalue weighted by Gasteiger charge is 2.23. The first-order valence-corrected chi connectivity index (χ1v) is 8.37. The van der Waals surface area contributed by atoms with Crippen molar-refractivity contribution < 1.29 is 9.53 Å². The number of ether oxygens (including phenoxy) is 1. The first-order valence-electron chi connectivity index (χ1n) is 8.37. The summed E-state index contributed by atoms with van der Waals surface area (Å²) in [4.78, 5) is 14.2. The molecule has 3 rings (SSSR count). The first kappa shape index (κ1) is 15.6. The second-order valence-corrected chi connectivity index (χ2v) is 5.90. The van der Waals surface area contributed by atoms with Crippen LogP contribution < -0.4 is 4.74 Å². The van der Waals surface area contributed by atoms with E-state index in [4.69, 9.17) is 4.74 Å². The van der Waals surface area contributed by atoms with Crippen molar-refractivity contribution in [3.05, 3.63) is 54.1 Å². The Morgan fingerprint density at radius 2 is 1.74 bits per heavy atom. The molecule has 0 aliphatic heterocycles. The fraction of sp³-hybridized carbons (Fsp3) is 0.350. The Labute approximate surface area is 137 Å². The molecular weight excluding hydrogens is 286 g/mol. The number of hydrogen-bond acceptors (Lipinski definition) is 2. The zero-order valence-corrected chi connectivity index (χ0v) is 13.8. The lowest BCUT2D eigenvalue weighted by Crippen LogP contribution is -2.30. The van der Waals surface area contributed by atoms with E-state index < -0.39 is 0 Å². The van der Waals surface area contributed by atoms with Gasteiger partial charge in [0.15, 0.2) is 0 Å². The summed E-state index contributed by atoms with van der Waals surface area (Å²) in [5.74, 6) is 1.01. The molecule has 0 aromatic heterocycles. The summed E-state index contributed by atoms with van der Waals surface area (Å²) in [6.07, 6.45) is 2.72. The molecule has 1 saturated carbocycles. The molecule has 0 bridgehead atoms. The van der Waals surface area contributed by atoms with Crippen molar-refractivity contribution in [2.75, 3.05) is 13.1 Å². The molecule has 0 N–H and O–H groups in total. The molecule has 1 aliphatic rings. The van der Waals surface area contributed by atoms with Gasteiger partial charge in [0.2, 0.25) is 0 Å². The topological polar surface area (TPSA) is 29.5 Å². The average Bonchev–Trinajstić information content (AvgIpc) is 3.40. The van der Waals surface area contributed by atoms with Crippen LogP contribution >= 0.6 is 0 Å². The van der Waals surface area contributed by atoms with Crippen LogP contribution in [-0.2, 0) is 0 Å². The maximum Gasteiger partial charge on any atom is 0.253 e. The van der Waals surface area contributed by atoms with Crippen LogP contribution in [0.3, 0.4) is 0 Å². The van der Waals surface area contributed by atoms with Gasteiger partial charge in [-0.25, -0.2) is 0 Å². The number of nitrogens with zero attached hydrogens (tertiary/aromatic N) is 1. The monoisotopic (exact) mass is 309 g/mol. The third kappa shape index (κ3) is 3.73. The van der Waals surface area contributed by atoms with Crippen molar-refractivity contribution in [2.24, 2.45) is 0 Å². The highest BCUT2D eigenvalue weighted by molar-refractivity contribution is 5.94. The van der Waals surface area contributed by atoms with E-state index >= 15 is 0 Å². The van der Waals surface area contributed by atoms with Crippen molar-refractivity contribution in [3.8, 4) is 16.9 Å². The van der Waals surface area contributed by atoms with Gasteiger partial charge in [-0.1, -0.05) is 24.3 Å². The number of hydrogen-bond donors (Lipinski definition) is 0. The Morgan fingerprint density at radius 3 is 2.35 bits per heavy atom. The Bertz CT molecular complexity index is 670. The molecule has 0 saturated heterocycles. The quantitative estimate of drug-likeness (QED) is 0.792. The number of benzene rings is 2. The molecule has 2 aromatic carbocycles. The van der Waals surface area contributed by atoms with Crippen LogP contribution in [0.5, 0.6) is 5.75 Å².